The number of halogens is 2. The maximum atomic E-state index is 13.6. The normalized spacial score (nSPS) is 19.6. The molecule has 0 saturated carbocycles. The van der Waals surface area contributed by atoms with Gasteiger partial charge in [0.25, 0.3) is 0 Å². The first kappa shape index (κ1) is 14.4. The molecule has 0 unspecified atom stereocenters. The second-order valence-electron chi connectivity index (χ2n) is 5.48. The maximum Gasteiger partial charge on any atom is 0.129 e. The van der Waals surface area contributed by atoms with Crippen molar-refractivity contribution < 1.29 is 13.9 Å². The Bertz CT molecular complexity index is 428. The van der Waals surface area contributed by atoms with Gasteiger partial charge in [0.15, 0.2) is 0 Å². The average molecular weight is 269 g/mol. The SMILES string of the molecule is CCCN1CCC(O)(Cc2ccc(F)cc2F)CC1. The van der Waals surface area contributed by atoms with Gasteiger partial charge >= 0.3 is 0 Å². The molecule has 19 heavy (non-hydrogen) atoms. The highest BCUT2D eigenvalue weighted by Crippen LogP contribution is 2.27. The number of likely N-dealkylation sites (tertiary alicyclic amines) is 1. The summed E-state index contributed by atoms with van der Waals surface area (Å²) in [5, 5.41) is 10.5. The van der Waals surface area contributed by atoms with E-state index in [0.29, 0.717) is 18.4 Å². The van der Waals surface area contributed by atoms with Gasteiger partial charge in [-0.3, -0.25) is 0 Å². The summed E-state index contributed by atoms with van der Waals surface area (Å²) in [6, 6.07) is 3.56. The molecule has 0 spiro atoms. The third-order valence-corrected chi connectivity index (χ3v) is 3.86. The Morgan fingerprint density at radius 2 is 1.95 bits per heavy atom. The molecule has 2 nitrogen and oxygen atoms in total. The van der Waals surface area contributed by atoms with E-state index in [9.17, 15) is 13.9 Å². The highest BCUT2D eigenvalue weighted by molar-refractivity contribution is 5.20. The van der Waals surface area contributed by atoms with Gasteiger partial charge in [-0.2, -0.15) is 0 Å². The van der Waals surface area contributed by atoms with Gasteiger partial charge in [-0.1, -0.05) is 13.0 Å². The molecular formula is C15H21F2NO. The molecule has 106 valence electrons. The minimum absolute atomic E-state index is 0.263. The van der Waals surface area contributed by atoms with Crippen molar-refractivity contribution in [3.05, 3.63) is 35.4 Å². The van der Waals surface area contributed by atoms with E-state index in [1.54, 1.807) is 0 Å². The van der Waals surface area contributed by atoms with Crippen LogP contribution in [-0.4, -0.2) is 35.2 Å². The van der Waals surface area contributed by atoms with Crippen LogP contribution in [0.2, 0.25) is 0 Å². The lowest BCUT2D eigenvalue weighted by Crippen LogP contribution is -2.45. The smallest absolute Gasteiger partial charge is 0.129 e. The van der Waals surface area contributed by atoms with Crippen molar-refractivity contribution >= 4 is 0 Å². The topological polar surface area (TPSA) is 23.5 Å². The minimum Gasteiger partial charge on any atom is -0.389 e. The summed E-state index contributed by atoms with van der Waals surface area (Å²) in [4.78, 5) is 2.31. The average Bonchev–Trinajstić information content (AvgIpc) is 2.36. The van der Waals surface area contributed by atoms with Crippen LogP contribution < -0.4 is 0 Å². The molecule has 1 aromatic rings. The van der Waals surface area contributed by atoms with Crippen molar-refractivity contribution in [2.75, 3.05) is 19.6 Å². The summed E-state index contributed by atoms with van der Waals surface area (Å²) in [7, 11) is 0. The van der Waals surface area contributed by atoms with Crippen molar-refractivity contribution in [1.29, 1.82) is 0 Å². The molecular weight excluding hydrogens is 248 g/mol. The molecule has 0 aromatic heterocycles. The molecule has 2 rings (SSSR count). The van der Waals surface area contributed by atoms with Gasteiger partial charge in [0.2, 0.25) is 0 Å². The molecule has 1 N–H and O–H groups in total. The second kappa shape index (κ2) is 5.97. The van der Waals surface area contributed by atoms with Gasteiger partial charge in [0, 0.05) is 25.6 Å². The Labute approximate surface area is 113 Å². The molecule has 0 aliphatic carbocycles. The van der Waals surface area contributed by atoms with E-state index in [0.717, 1.165) is 32.1 Å². The summed E-state index contributed by atoms with van der Waals surface area (Å²) in [6.45, 7) is 4.86. The van der Waals surface area contributed by atoms with Crippen molar-refractivity contribution in [2.45, 2.75) is 38.2 Å². The first-order valence-corrected chi connectivity index (χ1v) is 6.91. The molecule has 0 amide bonds. The third kappa shape index (κ3) is 3.74. The van der Waals surface area contributed by atoms with Gasteiger partial charge in [0.05, 0.1) is 5.60 Å². The first-order chi connectivity index (χ1) is 9.02. The predicted octanol–water partition coefficient (Wildman–Crippen LogP) is 2.74. The van der Waals surface area contributed by atoms with Crippen LogP contribution in [0.15, 0.2) is 18.2 Å². The highest BCUT2D eigenvalue weighted by atomic mass is 19.1. The largest absolute Gasteiger partial charge is 0.389 e. The van der Waals surface area contributed by atoms with Gasteiger partial charge in [-0.25, -0.2) is 8.78 Å². The summed E-state index contributed by atoms with van der Waals surface area (Å²) in [6.07, 6.45) is 2.65. The summed E-state index contributed by atoms with van der Waals surface area (Å²) in [5.41, 5.74) is -0.462. The van der Waals surface area contributed by atoms with E-state index in [1.165, 1.54) is 12.1 Å². The molecule has 0 atom stereocenters. The van der Waals surface area contributed by atoms with Crippen LogP contribution in [0.5, 0.6) is 0 Å². The summed E-state index contributed by atoms with van der Waals surface area (Å²) in [5.74, 6) is -1.14. The van der Waals surface area contributed by atoms with Gasteiger partial charge < -0.3 is 10.0 Å². The van der Waals surface area contributed by atoms with E-state index in [1.807, 2.05) is 0 Å². The number of hydrogen-bond donors (Lipinski definition) is 1. The lowest BCUT2D eigenvalue weighted by Gasteiger charge is -2.38. The predicted molar refractivity (Wildman–Crippen MR) is 71.0 cm³/mol. The first-order valence-electron chi connectivity index (χ1n) is 6.91. The van der Waals surface area contributed by atoms with Crippen LogP contribution in [0, 0.1) is 11.6 Å². The third-order valence-electron chi connectivity index (χ3n) is 3.86. The molecule has 1 heterocycles. The Balaban J connectivity index is 1.99. The maximum absolute atomic E-state index is 13.6. The van der Waals surface area contributed by atoms with E-state index < -0.39 is 17.2 Å². The minimum atomic E-state index is -0.858. The summed E-state index contributed by atoms with van der Waals surface area (Å²) < 4.78 is 26.5. The molecule has 1 aliphatic rings. The van der Waals surface area contributed by atoms with Crippen LogP contribution >= 0.6 is 0 Å². The number of piperidine rings is 1. The monoisotopic (exact) mass is 269 g/mol. The van der Waals surface area contributed by atoms with Crippen molar-refractivity contribution in [2.24, 2.45) is 0 Å². The molecule has 1 fully saturated rings. The molecule has 1 aromatic carbocycles. The van der Waals surface area contributed by atoms with Crippen LogP contribution in [0.4, 0.5) is 8.78 Å². The van der Waals surface area contributed by atoms with Crippen LogP contribution in [-0.2, 0) is 6.42 Å². The zero-order chi connectivity index (χ0) is 13.9. The summed E-state index contributed by atoms with van der Waals surface area (Å²) >= 11 is 0. The Kier molecular flexibility index (Phi) is 4.53. The number of benzene rings is 1. The van der Waals surface area contributed by atoms with E-state index in [-0.39, 0.29) is 6.42 Å². The lowest BCUT2D eigenvalue weighted by atomic mass is 9.85. The molecule has 4 heteroatoms. The Morgan fingerprint density at radius 3 is 2.53 bits per heavy atom. The zero-order valence-corrected chi connectivity index (χ0v) is 11.3. The van der Waals surface area contributed by atoms with E-state index >= 15 is 0 Å². The number of hydrogen-bond acceptors (Lipinski definition) is 2. The molecule has 0 bridgehead atoms. The van der Waals surface area contributed by atoms with E-state index in [4.69, 9.17) is 0 Å². The van der Waals surface area contributed by atoms with Gasteiger partial charge in [-0.05, 0) is 37.4 Å². The Hall–Kier alpha value is -1.00. The quantitative estimate of drug-likeness (QED) is 0.908. The Morgan fingerprint density at radius 1 is 1.26 bits per heavy atom. The van der Waals surface area contributed by atoms with Crippen LogP contribution in [0.3, 0.4) is 0 Å². The highest BCUT2D eigenvalue weighted by Gasteiger charge is 2.32. The number of nitrogens with zero attached hydrogens (tertiary/aromatic N) is 1. The van der Waals surface area contributed by atoms with Crippen LogP contribution in [0.25, 0.3) is 0 Å². The molecule has 0 radical (unpaired) electrons. The fourth-order valence-electron chi connectivity index (χ4n) is 2.71. The zero-order valence-electron chi connectivity index (χ0n) is 11.3. The standard InChI is InChI=1S/C15H21F2NO/c1-2-7-18-8-5-15(19,6-9-18)11-12-3-4-13(16)10-14(12)17/h3-4,10,19H,2,5-9,11H2,1H3. The molecule has 1 saturated heterocycles. The van der Waals surface area contributed by atoms with Crippen LogP contribution in [0.1, 0.15) is 31.7 Å². The van der Waals surface area contributed by atoms with Crippen molar-refractivity contribution in [1.82, 2.24) is 4.90 Å². The lowest BCUT2D eigenvalue weighted by molar-refractivity contribution is -0.0210. The molecule has 1 aliphatic heterocycles. The number of aliphatic hydroxyl groups is 1. The fraction of sp³-hybridized carbons (Fsp3) is 0.600. The van der Waals surface area contributed by atoms with Crippen molar-refractivity contribution in [3.63, 3.8) is 0 Å². The van der Waals surface area contributed by atoms with Crippen molar-refractivity contribution in [3.8, 4) is 0 Å². The second-order valence-corrected chi connectivity index (χ2v) is 5.48. The fourth-order valence-corrected chi connectivity index (χ4v) is 2.71. The van der Waals surface area contributed by atoms with Gasteiger partial charge in [-0.15, -0.1) is 0 Å². The van der Waals surface area contributed by atoms with E-state index in [2.05, 4.69) is 11.8 Å². The van der Waals surface area contributed by atoms with Gasteiger partial charge in [0.1, 0.15) is 11.6 Å². The number of rotatable bonds is 4.